The number of nitrogens with one attached hydrogen (secondary N) is 1. The van der Waals surface area contributed by atoms with Crippen molar-refractivity contribution in [3.63, 3.8) is 0 Å². The lowest BCUT2D eigenvalue weighted by atomic mass is 9.92. The normalized spacial score (nSPS) is 27.9. The average Bonchev–Trinajstić information content (AvgIpc) is 2.70. The van der Waals surface area contributed by atoms with Gasteiger partial charge in [0.25, 0.3) is 11.8 Å². The Bertz CT molecular complexity index is 834. The number of sulfonamides is 1. The molecule has 0 aromatic heterocycles. The Labute approximate surface area is 131 Å². The van der Waals surface area contributed by atoms with Crippen molar-refractivity contribution in [1.29, 1.82) is 0 Å². The molecule has 0 bridgehead atoms. The predicted molar refractivity (Wildman–Crippen MR) is 75.5 cm³/mol. The number of carbonyl (C=O) groups is 2. The summed E-state index contributed by atoms with van der Waals surface area (Å²) >= 11 is 0. The largest absolute Gasteiger partial charge is 0.377 e. The van der Waals surface area contributed by atoms with Crippen molar-refractivity contribution >= 4 is 21.8 Å². The van der Waals surface area contributed by atoms with E-state index in [2.05, 4.69) is 4.72 Å². The molecule has 2 amide bonds. The number of imide groups is 1. The number of ether oxygens (including phenoxy) is 1. The van der Waals surface area contributed by atoms with Gasteiger partial charge in [0.2, 0.25) is 10.0 Å². The zero-order valence-corrected chi connectivity index (χ0v) is 12.7. The van der Waals surface area contributed by atoms with Gasteiger partial charge in [0, 0.05) is 0 Å². The second-order valence-corrected chi connectivity index (χ2v) is 7.89. The monoisotopic (exact) mass is 340 g/mol. The van der Waals surface area contributed by atoms with Gasteiger partial charge in [-0.25, -0.2) is 17.5 Å². The Morgan fingerprint density at radius 2 is 2.00 bits per heavy atom. The Morgan fingerprint density at radius 3 is 2.57 bits per heavy atom. The minimum absolute atomic E-state index is 0.0996. The van der Waals surface area contributed by atoms with Gasteiger partial charge >= 0.3 is 0 Å². The van der Waals surface area contributed by atoms with E-state index in [1.54, 1.807) is 0 Å². The van der Waals surface area contributed by atoms with Crippen LogP contribution in [0.15, 0.2) is 18.2 Å². The number of nitrogens with zero attached hydrogens (tertiary/aromatic N) is 1. The fraction of sp³-hybridized carbons (Fsp3) is 0.429. The molecule has 2 saturated heterocycles. The van der Waals surface area contributed by atoms with Crippen molar-refractivity contribution in [3.05, 3.63) is 35.1 Å². The highest BCUT2D eigenvalue weighted by atomic mass is 32.2. The first-order chi connectivity index (χ1) is 10.8. The van der Waals surface area contributed by atoms with E-state index in [4.69, 9.17) is 4.74 Å². The van der Waals surface area contributed by atoms with E-state index in [0.29, 0.717) is 11.3 Å². The summed E-state index contributed by atoms with van der Waals surface area (Å²) in [6.45, 7) is 0.547. The van der Waals surface area contributed by atoms with Crippen molar-refractivity contribution < 1.29 is 27.1 Å². The molecule has 122 valence electrons. The lowest BCUT2D eigenvalue weighted by Crippen LogP contribution is -2.68. The third kappa shape index (κ3) is 1.97. The van der Waals surface area contributed by atoms with Crippen molar-refractivity contribution in [3.8, 4) is 0 Å². The molecule has 3 heterocycles. The van der Waals surface area contributed by atoms with Crippen LogP contribution in [0.1, 0.15) is 33.6 Å². The lowest BCUT2D eigenvalue weighted by molar-refractivity contribution is -0.0717. The number of carbonyl (C=O) groups excluding carboxylic acids is 2. The number of fused-ring (bicyclic) bond motifs is 1. The molecule has 0 radical (unpaired) electrons. The van der Waals surface area contributed by atoms with Crippen LogP contribution >= 0.6 is 0 Å². The van der Waals surface area contributed by atoms with Gasteiger partial charge in [-0.2, -0.15) is 0 Å². The highest BCUT2D eigenvalue weighted by Crippen LogP contribution is 2.36. The van der Waals surface area contributed by atoms with Crippen LogP contribution in [0.5, 0.6) is 0 Å². The van der Waals surface area contributed by atoms with E-state index in [9.17, 15) is 22.4 Å². The molecule has 1 N–H and O–H groups in total. The van der Waals surface area contributed by atoms with Gasteiger partial charge in [-0.15, -0.1) is 0 Å². The maximum Gasteiger partial charge on any atom is 0.265 e. The summed E-state index contributed by atoms with van der Waals surface area (Å²) in [7, 11) is -3.94. The van der Waals surface area contributed by atoms with Crippen molar-refractivity contribution in [2.75, 3.05) is 13.2 Å². The molecule has 1 aromatic rings. The SMILES string of the molecule is O=C1c2cccc(F)c2C(=O)N1C1CCC2(COC2)NS1(=O)=O. The molecule has 3 aliphatic rings. The van der Waals surface area contributed by atoms with Crippen LogP contribution in [0.2, 0.25) is 0 Å². The summed E-state index contributed by atoms with van der Waals surface area (Å²) < 4.78 is 46.4. The summed E-state index contributed by atoms with van der Waals surface area (Å²) in [5.41, 5.74) is -1.10. The number of hydrogen-bond donors (Lipinski definition) is 1. The summed E-state index contributed by atoms with van der Waals surface area (Å²) in [4.78, 5) is 25.5. The fourth-order valence-corrected chi connectivity index (χ4v) is 5.18. The highest BCUT2D eigenvalue weighted by Gasteiger charge is 2.54. The first kappa shape index (κ1) is 14.7. The predicted octanol–water partition coefficient (Wildman–Crippen LogP) is 0.230. The standard InChI is InChI=1S/C14H13FN2O5S/c15-9-3-1-2-8-11(9)13(19)17(12(8)18)10-4-5-14(6-22-7-14)16-23(10,20)21/h1-3,10,16H,4-7H2. The first-order valence-electron chi connectivity index (χ1n) is 7.12. The van der Waals surface area contributed by atoms with Crippen LogP contribution in [0, 0.1) is 5.82 Å². The van der Waals surface area contributed by atoms with Crippen molar-refractivity contribution in [2.24, 2.45) is 0 Å². The molecule has 23 heavy (non-hydrogen) atoms. The van der Waals surface area contributed by atoms with Gasteiger partial charge in [-0.05, 0) is 25.0 Å². The fourth-order valence-electron chi connectivity index (χ4n) is 3.32. The molecule has 1 atom stereocenters. The molecular weight excluding hydrogens is 327 g/mol. The number of benzene rings is 1. The molecular formula is C14H13FN2O5S. The zero-order chi connectivity index (χ0) is 16.4. The van der Waals surface area contributed by atoms with Crippen molar-refractivity contribution in [1.82, 2.24) is 9.62 Å². The second-order valence-electron chi connectivity index (χ2n) is 6.06. The van der Waals surface area contributed by atoms with E-state index in [1.807, 2.05) is 0 Å². The van der Waals surface area contributed by atoms with E-state index >= 15 is 0 Å². The second kappa shape index (κ2) is 4.59. The molecule has 1 unspecified atom stereocenters. The van der Waals surface area contributed by atoms with E-state index < -0.39 is 38.6 Å². The lowest BCUT2D eigenvalue weighted by Gasteiger charge is -2.47. The Kier molecular flexibility index (Phi) is 2.94. The zero-order valence-electron chi connectivity index (χ0n) is 11.9. The summed E-state index contributed by atoms with van der Waals surface area (Å²) in [5.74, 6) is -2.51. The topological polar surface area (TPSA) is 92.8 Å². The van der Waals surface area contributed by atoms with Crippen LogP contribution in [0.4, 0.5) is 4.39 Å². The maximum absolute atomic E-state index is 13.9. The average molecular weight is 340 g/mol. The van der Waals surface area contributed by atoms with Gasteiger partial charge in [-0.3, -0.25) is 14.5 Å². The number of hydrogen-bond acceptors (Lipinski definition) is 5. The molecule has 9 heteroatoms. The van der Waals surface area contributed by atoms with Crippen LogP contribution in [0.3, 0.4) is 0 Å². The number of halogens is 1. The highest BCUT2D eigenvalue weighted by molar-refractivity contribution is 7.90. The maximum atomic E-state index is 13.9. The third-order valence-electron chi connectivity index (χ3n) is 4.53. The van der Waals surface area contributed by atoms with Gasteiger partial charge in [0.1, 0.15) is 5.82 Å². The smallest absolute Gasteiger partial charge is 0.265 e. The number of amides is 2. The van der Waals surface area contributed by atoms with Crippen molar-refractivity contribution in [2.45, 2.75) is 23.8 Å². The quantitative estimate of drug-likeness (QED) is 0.739. The Hall–Kier alpha value is -1.84. The molecule has 4 rings (SSSR count). The molecule has 0 saturated carbocycles. The van der Waals surface area contributed by atoms with Gasteiger partial charge < -0.3 is 4.74 Å². The van der Waals surface area contributed by atoms with Gasteiger partial charge in [0.05, 0.1) is 29.9 Å². The molecule has 7 nitrogen and oxygen atoms in total. The number of rotatable bonds is 1. The van der Waals surface area contributed by atoms with Crippen LogP contribution in [0.25, 0.3) is 0 Å². The van der Waals surface area contributed by atoms with Crippen LogP contribution < -0.4 is 4.72 Å². The summed E-state index contributed by atoms with van der Waals surface area (Å²) in [6.07, 6.45) is 0.554. The molecule has 3 aliphatic heterocycles. The molecule has 1 spiro atoms. The van der Waals surface area contributed by atoms with Crippen LogP contribution in [-0.4, -0.2) is 49.3 Å². The Morgan fingerprint density at radius 1 is 1.26 bits per heavy atom. The Balaban J connectivity index is 1.71. The van der Waals surface area contributed by atoms with E-state index in [0.717, 1.165) is 6.07 Å². The molecule has 0 aliphatic carbocycles. The third-order valence-corrected chi connectivity index (χ3v) is 6.41. The first-order valence-corrected chi connectivity index (χ1v) is 8.66. The van der Waals surface area contributed by atoms with Gasteiger partial charge in [0.15, 0.2) is 5.37 Å². The van der Waals surface area contributed by atoms with Crippen LogP contribution in [-0.2, 0) is 14.8 Å². The summed E-state index contributed by atoms with van der Waals surface area (Å²) in [5, 5.41) is -1.33. The van der Waals surface area contributed by atoms with Gasteiger partial charge in [-0.1, -0.05) is 6.07 Å². The summed E-state index contributed by atoms with van der Waals surface area (Å²) in [6, 6.07) is 3.71. The van der Waals surface area contributed by atoms with E-state index in [1.165, 1.54) is 12.1 Å². The molecule has 1 aromatic carbocycles. The van der Waals surface area contributed by atoms with E-state index in [-0.39, 0.29) is 30.8 Å². The minimum Gasteiger partial charge on any atom is -0.377 e. The minimum atomic E-state index is -3.94. The molecule has 2 fully saturated rings.